The molecule has 21 heavy (non-hydrogen) atoms. The van der Waals surface area contributed by atoms with E-state index in [1.54, 1.807) is 0 Å². The number of carboxylic acids is 1. The standard InChI is InChI=1S/C16H23NO4/c1-4-12(3)17(11-16(19)20)15(18)10-13-6-8-14(9-7-13)21-5-2/h6-9,12H,4-5,10-11H2,1-3H3,(H,19,20). The van der Waals surface area contributed by atoms with Crippen molar-refractivity contribution in [2.24, 2.45) is 0 Å². The van der Waals surface area contributed by atoms with Crippen molar-refractivity contribution in [3.05, 3.63) is 29.8 Å². The Balaban J connectivity index is 2.73. The Morgan fingerprint density at radius 2 is 1.86 bits per heavy atom. The van der Waals surface area contributed by atoms with Crippen LogP contribution in [0.4, 0.5) is 0 Å². The lowest BCUT2D eigenvalue weighted by Crippen LogP contribution is -2.42. The van der Waals surface area contributed by atoms with E-state index in [0.717, 1.165) is 17.7 Å². The molecule has 0 heterocycles. The SMILES string of the molecule is CCOc1ccc(CC(=O)N(CC(=O)O)C(C)CC)cc1. The molecule has 0 saturated carbocycles. The van der Waals surface area contributed by atoms with Crippen molar-refractivity contribution in [3.8, 4) is 5.75 Å². The summed E-state index contributed by atoms with van der Waals surface area (Å²) in [4.78, 5) is 24.6. The first-order valence-corrected chi connectivity index (χ1v) is 7.20. The first kappa shape index (κ1) is 17.0. The van der Waals surface area contributed by atoms with Gasteiger partial charge in [-0.1, -0.05) is 19.1 Å². The molecular weight excluding hydrogens is 270 g/mol. The molecule has 0 aromatic heterocycles. The average molecular weight is 293 g/mol. The van der Waals surface area contributed by atoms with Crippen molar-refractivity contribution < 1.29 is 19.4 Å². The van der Waals surface area contributed by atoms with Crippen LogP contribution < -0.4 is 4.74 Å². The number of carbonyl (C=O) groups is 2. The summed E-state index contributed by atoms with van der Waals surface area (Å²) in [5, 5.41) is 8.93. The molecule has 1 N–H and O–H groups in total. The molecule has 0 fully saturated rings. The highest BCUT2D eigenvalue weighted by molar-refractivity contribution is 5.83. The van der Waals surface area contributed by atoms with Crippen molar-refractivity contribution in [3.63, 3.8) is 0 Å². The quantitative estimate of drug-likeness (QED) is 0.799. The van der Waals surface area contributed by atoms with Gasteiger partial charge in [-0.05, 0) is 38.0 Å². The summed E-state index contributed by atoms with van der Waals surface area (Å²) in [6.45, 7) is 6.04. The maximum atomic E-state index is 12.3. The average Bonchev–Trinajstić information content (AvgIpc) is 2.46. The van der Waals surface area contributed by atoms with Gasteiger partial charge in [-0.2, -0.15) is 0 Å². The number of carboxylic acid groups (broad SMARTS) is 1. The van der Waals surface area contributed by atoms with Crippen molar-refractivity contribution in [1.29, 1.82) is 0 Å². The predicted octanol–water partition coefficient (Wildman–Crippen LogP) is 2.34. The van der Waals surface area contributed by atoms with Gasteiger partial charge in [0.25, 0.3) is 0 Å². The first-order valence-electron chi connectivity index (χ1n) is 7.20. The summed E-state index contributed by atoms with van der Waals surface area (Å²) >= 11 is 0. The predicted molar refractivity (Wildman–Crippen MR) is 80.4 cm³/mol. The second-order valence-corrected chi connectivity index (χ2v) is 4.93. The van der Waals surface area contributed by atoms with Crippen molar-refractivity contribution >= 4 is 11.9 Å². The summed E-state index contributed by atoms with van der Waals surface area (Å²) in [6, 6.07) is 7.21. The van der Waals surface area contributed by atoms with Crippen LogP contribution in [0.25, 0.3) is 0 Å². The molecule has 1 aromatic carbocycles. The molecule has 1 amide bonds. The monoisotopic (exact) mass is 293 g/mol. The minimum Gasteiger partial charge on any atom is -0.494 e. The highest BCUT2D eigenvalue weighted by Gasteiger charge is 2.21. The van der Waals surface area contributed by atoms with Gasteiger partial charge < -0.3 is 14.7 Å². The van der Waals surface area contributed by atoms with Gasteiger partial charge in [0.1, 0.15) is 12.3 Å². The van der Waals surface area contributed by atoms with Crippen LogP contribution in [0, 0.1) is 0 Å². The van der Waals surface area contributed by atoms with Gasteiger partial charge in [0.2, 0.25) is 5.91 Å². The zero-order valence-corrected chi connectivity index (χ0v) is 12.8. The number of hydrogen-bond acceptors (Lipinski definition) is 3. The van der Waals surface area contributed by atoms with E-state index in [1.165, 1.54) is 4.90 Å². The fourth-order valence-corrected chi connectivity index (χ4v) is 2.00. The maximum absolute atomic E-state index is 12.3. The number of nitrogens with zero attached hydrogens (tertiary/aromatic N) is 1. The fourth-order valence-electron chi connectivity index (χ4n) is 2.00. The molecule has 0 aliphatic carbocycles. The van der Waals surface area contributed by atoms with Gasteiger partial charge >= 0.3 is 5.97 Å². The van der Waals surface area contributed by atoms with Crippen LogP contribution in [0.1, 0.15) is 32.8 Å². The Hall–Kier alpha value is -2.04. The highest BCUT2D eigenvalue weighted by atomic mass is 16.5. The molecule has 5 nitrogen and oxygen atoms in total. The van der Waals surface area contributed by atoms with E-state index in [2.05, 4.69) is 0 Å². The molecule has 1 unspecified atom stereocenters. The van der Waals surface area contributed by atoms with Gasteiger partial charge in [-0.25, -0.2) is 0 Å². The molecule has 1 aromatic rings. The van der Waals surface area contributed by atoms with Crippen LogP contribution in [0.2, 0.25) is 0 Å². The summed E-state index contributed by atoms with van der Waals surface area (Å²) in [7, 11) is 0. The van der Waals surface area contributed by atoms with E-state index in [-0.39, 0.29) is 24.9 Å². The topological polar surface area (TPSA) is 66.8 Å². The summed E-state index contributed by atoms with van der Waals surface area (Å²) in [5.74, 6) is -0.399. The Morgan fingerprint density at radius 1 is 1.24 bits per heavy atom. The Morgan fingerprint density at radius 3 is 2.33 bits per heavy atom. The molecule has 1 rings (SSSR count). The van der Waals surface area contributed by atoms with Crippen LogP contribution >= 0.6 is 0 Å². The number of carbonyl (C=O) groups excluding carboxylic acids is 1. The molecule has 0 bridgehead atoms. The number of hydrogen-bond donors (Lipinski definition) is 1. The van der Waals surface area contributed by atoms with E-state index >= 15 is 0 Å². The number of amides is 1. The van der Waals surface area contributed by atoms with Gasteiger partial charge in [-0.3, -0.25) is 9.59 Å². The normalized spacial score (nSPS) is 11.8. The third kappa shape index (κ3) is 5.45. The Kier molecular flexibility index (Phi) is 6.72. The molecule has 0 aliphatic heterocycles. The fraction of sp³-hybridized carbons (Fsp3) is 0.500. The second-order valence-electron chi connectivity index (χ2n) is 4.93. The lowest BCUT2D eigenvalue weighted by Gasteiger charge is -2.27. The molecule has 0 saturated heterocycles. The van der Waals surface area contributed by atoms with Crippen molar-refractivity contribution in [2.75, 3.05) is 13.2 Å². The number of ether oxygens (including phenoxy) is 1. The third-order valence-electron chi connectivity index (χ3n) is 3.34. The van der Waals surface area contributed by atoms with Gasteiger partial charge in [0.15, 0.2) is 0 Å². The van der Waals surface area contributed by atoms with E-state index < -0.39 is 5.97 Å². The van der Waals surface area contributed by atoms with Crippen LogP contribution in [0.15, 0.2) is 24.3 Å². The maximum Gasteiger partial charge on any atom is 0.323 e. The van der Waals surface area contributed by atoms with E-state index in [0.29, 0.717) is 6.61 Å². The van der Waals surface area contributed by atoms with Gasteiger partial charge in [0, 0.05) is 6.04 Å². The van der Waals surface area contributed by atoms with Gasteiger partial charge in [-0.15, -0.1) is 0 Å². The third-order valence-corrected chi connectivity index (χ3v) is 3.34. The molecule has 116 valence electrons. The summed E-state index contributed by atoms with van der Waals surface area (Å²) in [6.07, 6.45) is 0.923. The Bertz CT molecular complexity index is 470. The van der Waals surface area contributed by atoms with Crippen LogP contribution in [-0.2, 0) is 16.0 Å². The van der Waals surface area contributed by atoms with Crippen molar-refractivity contribution in [2.45, 2.75) is 39.7 Å². The lowest BCUT2D eigenvalue weighted by molar-refractivity contribution is -0.145. The zero-order chi connectivity index (χ0) is 15.8. The first-order chi connectivity index (χ1) is 9.97. The molecule has 0 radical (unpaired) electrons. The second kappa shape index (κ2) is 8.29. The van der Waals surface area contributed by atoms with E-state index in [4.69, 9.17) is 9.84 Å². The molecular formula is C16H23NO4. The minimum atomic E-state index is -0.990. The Labute approximate surface area is 125 Å². The zero-order valence-electron chi connectivity index (χ0n) is 12.8. The molecule has 0 spiro atoms. The smallest absolute Gasteiger partial charge is 0.323 e. The largest absolute Gasteiger partial charge is 0.494 e. The molecule has 1 atom stereocenters. The summed E-state index contributed by atoms with van der Waals surface area (Å²) < 4.78 is 5.35. The number of benzene rings is 1. The number of aliphatic carboxylic acids is 1. The lowest BCUT2D eigenvalue weighted by atomic mass is 10.1. The molecule has 0 aliphatic rings. The number of rotatable bonds is 8. The highest BCUT2D eigenvalue weighted by Crippen LogP contribution is 2.14. The van der Waals surface area contributed by atoms with Crippen LogP contribution in [0.3, 0.4) is 0 Å². The van der Waals surface area contributed by atoms with Gasteiger partial charge in [0.05, 0.1) is 13.0 Å². The van der Waals surface area contributed by atoms with Crippen molar-refractivity contribution in [1.82, 2.24) is 4.90 Å². The van der Waals surface area contributed by atoms with E-state index in [1.807, 2.05) is 45.0 Å². The van der Waals surface area contributed by atoms with Crippen LogP contribution in [0.5, 0.6) is 5.75 Å². The summed E-state index contributed by atoms with van der Waals surface area (Å²) in [5.41, 5.74) is 0.849. The van der Waals surface area contributed by atoms with Crippen LogP contribution in [-0.4, -0.2) is 41.1 Å². The van der Waals surface area contributed by atoms with E-state index in [9.17, 15) is 9.59 Å². The minimum absolute atomic E-state index is 0.0868. The molecule has 5 heteroatoms.